The van der Waals surface area contributed by atoms with Crippen LogP contribution in [0.3, 0.4) is 0 Å². The van der Waals surface area contributed by atoms with Crippen LogP contribution >= 0.6 is 0 Å². The maximum absolute atomic E-state index is 13.5. The number of halogens is 2. The monoisotopic (exact) mass is 317 g/mol. The van der Waals surface area contributed by atoms with Gasteiger partial charge in [-0.05, 0) is 11.6 Å². The van der Waals surface area contributed by atoms with E-state index in [1.807, 2.05) is 0 Å². The van der Waals surface area contributed by atoms with Crippen molar-refractivity contribution in [2.24, 2.45) is 0 Å². The third-order valence-electron chi connectivity index (χ3n) is 3.62. The molecular weight excluding hydrogens is 300 g/mol. The van der Waals surface area contributed by atoms with Gasteiger partial charge in [0.2, 0.25) is 5.75 Å². The first-order valence-corrected chi connectivity index (χ1v) is 6.74. The molecular formula is C13H17F2N3O4. The Morgan fingerprint density at radius 1 is 1.41 bits per heavy atom. The largest absolute Gasteiger partial charge is 0.500 e. The summed E-state index contributed by atoms with van der Waals surface area (Å²) in [6.07, 6.45) is -2.72. The molecule has 7 nitrogen and oxygen atoms in total. The molecule has 1 fully saturated rings. The Bertz CT molecular complexity index is 550. The highest BCUT2D eigenvalue weighted by atomic mass is 19.3. The van der Waals surface area contributed by atoms with Crippen LogP contribution in [0.5, 0.6) is 11.5 Å². The minimum absolute atomic E-state index is 0.0539. The smallest absolute Gasteiger partial charge is 0.314 e. The number of hydrogen-bond donors (Lipinski definition) is 2. The number of ether oxygens (including phenoxy) is 1. The molecule has 0 aromatic heterocycles. The summed E-state index contributed by atoms with van der Waals surface area (Å²) in [5, 5.41) is 23.8. The van der Waals surface area contributed by atoms with Crippen molar-refractivity contribution >= 4 is 5.69 Å². The van der Waals surface area contributed by atoms with E-state index in [1.54, 1.807) is 4.90 Å². The van der Waals surface area contributed by atoms with Gasteiger partial charge in [-0.2, -0.15) is 0 Å². The van der Waals surface area contributed by atoms with Crippen molar-refractivity contribution in [3.05, 3.63) is 27.8 Å². The summed E-state index contributed by atoms with van der Waals surface area (Å²) in [5.74, 6) is -0.852. The second-order valence-electron chi connectivity index (χ2n) is 4.91. The first kappa shape index (κ1) is 16.4. The number of phenols is 1. The fourth-order valence-electron chi connectivity index (χ4n) is 2.56. The van der Waals surface area contributed by atoms with E-state index in [2.05, 4.69) is 5.32 Å². The van der Waals surface area contributed by atoms with Crippen molar-refractivity contribution < 1.29 is 23.5 Å². The van der Waals surface area contributed by atoms with Gasteiger partial charge in [-0.25, -0.2) is 8.78 Å². The number of rotatable bonds is 5. The van der Waals surface area contributed by atoms with E-state index in [9.17, 15) is 24.0 Å². The highest BCUT2D eigenvalue weighted by molar-refractivity contribution is 5.57. The summed E-state index contributed by atoms with van der Waals surface area (Å²) in [6.45, 7) is 1.96. The van der Waals surface area contributed by atoms with Gasteiger partial charge < -0.3 is 15.2 Å². The molecule has 0 bridgehead atoms. The Morgan fingerprint density at radius 2 is 2.05 bits per heavy atom. The molecule has 1 heterocycles. The summed E-state index contributed by atoms with van der Waals surface area (Å²) in [7, 11) is 1.21. The number of aromatic hydroxyl groups is 1. The second kappa shape index (κ2) is 6.84. The maximum atomic E-state index is 13.5. The average Bonchev–Trinajstić information content (AvgIpc) is 2.49. The van der Waals surface area contributed by atoms with E-state index in [0.717, 1.165) is 6.07 Å². The number of nitro groups is 1. The van der Waals surface area contributed by atoms with Gasteiger partial charge in [-0.1, -0.05) is 0 Å². The Balaban J connectivity index is 2.46. The van der Waals surface area contributed by atoms with Crippen LogP contribution in [0.2, 0.25) is 0 Å². The van der Waals surface area contributed by atoms with Gasteiger partial charge in [0.05, 0.1) is 18.1 Å². The number of alkyl halides is 2. The summed E-state index contributed by atoms with van der Waals surface area (Å²) < 4.78 is 31.9. The predicted octanol–water partition coefficient (Wildman–Crippen LogP) is 1.52. The molecule has 0 aliphatic carbocycles. The van der Waals surface area contributed by atoms with Gasteiger partial charge in [-0.15, -0.1) is 0 Å². The second-order valence-corrected chi connectivity index (χ2v) is 4.91. The lowest BCUT2D eigenvalue weighted by molar-refractivity contribution is -0.386. The zero-order valence-corrected chi connectivity index (χ0v) is 12.0. The number of nitrogens with one attached hydrogen (secondary N) is 1. The van der Waals surface area contributed by atoms with Crippen molar-refractivity contribution in [1.29, 1.82) is 0 Å². The van der Waals surface area contributed by atoms with Crippen molar-refractivity contribution in [3.63, 3.8) is 0 Å². The van der Waals surface area contributed by atoms with Crippen LogP contribution in [-0.4, -0.2) is 54.6 Å². The summed E-state index contributed by atoms with van der Waals surface area (Å²) in [4.78, 5) is 11.7. The molecule has 0 radical (unpaired) electrons. The van der Waals surface area contributed by atoms with Crippen LogP contribution in [-0.2, 0) is 0 Å². The molecule has 2 N–H and O–H groups in total. The lowest BCUT2D eigenvalue weighted by atomic mass is 10.0. The molecule has 0 spiro atoms. The minimum atomic E-state index is -2.72. The molecule has 122 valence electrons. The van der Waals surface area contributed by atoms with Crippen LogP contribution in [0.1, 0.15) is 11.6 Å². The van der Waals surface area contributed by atoms with Crippen molar-refractivity contribution in [2.75, 3.05) is 33.3 Å². The number of nitro benzene ring substituents is 1. The molecule has 0 amide bonds. The molecule has 1 aromatic rings. The minimum Gasteiger partial charge on any atom is -0.500 e. The lowest BCUT2D eigenvalue weighted by Crippen LogP contribution is -2.46. The molecule has 2 rings (SSSR count). The Labute approximate surface area is 125 Å². The van der Waals surface area contributed by atoms with E-state index < -0.39 is 28.8 Å². The van der Waals surface area contributed by atoms with Gasteiger partial charge in [0.25, 0.3) is 6.43 Å². The summed E-state index contributed by atoms with van der Waals surface area (Å²) >= 11 is 0. The standard InChI is InChI=1S/C13H17F2N3O4/c1-22-10-7-8(6-9(12(10)19)18(20)21)11(13(14)15)17-4-2-16-3-5-17/h6-7,11,13,16,19H,2-5H2,1H3/t11-/m1/s1. The Hall–Kier alpha value is -2.00. The number of nitrogens with zero attached hydrogens (tertiary/aromatic N) is 2. The molecule has 1 aliphatic rings. The van der Waals surface area contributed by atoms with Gasteiger partial charge in [0.15, 0.2) is 5.75 Å². The van der Waals surface area contributed by atoms with Gasteiger partial charge in [0, 0.05) is 32.2 Å². The summed E-state index contributed by atoms with van der Waals surface area (Å²) in [5.41, 5.74) is -0.589. The normalized spacial score (nSPS) is 17.5. The van der Waals surface area contributed by atoms with E-state index in [0.29, 0.717) is 26.2 Å². The van der Waals surface area contributed by atoms with E-state index in [-0.39, 0.29) is 11.3 Å². The zero-order chi connectivity index (χ0) is 16.3. The van der Waals surface area contributed by atoms with Crippen LogP contribution < -0.4 is 10.1 Å². The SMILES string of the molecule is COc1cc([C@H](C(F)F)N2CCNCC2)cc([N+](=O)[O-])c1O. The number of piperazine rings is 1. The fraction of sp³-hybridized carbons (Fsp3) is 0.538. The van der Waals surface area contributed by atoms with Crippen molar-refractivity contribution in [1.82, 2.24) is 10.2 Å². The summed E-state index contributed by atoms with van der Waals surface area (Å²) in [6, 6.07) is 0.924. The lowest BCUT2D eigenvalue weighted by Gasteiger charge is -2.34. The fourth-order valence-corrected chi connectivity index (χ4v) is 2.56. The average molecular weight is 317 g/mol. The van der Waals surface area contributed by atoms with Gasteiger partial charge in [-0.3, -0.25) is 15.0 Å². The Kier molecular flexibility index (Phi) is 5.09. The molecule has 22 heavy (non-hydrogen) atoms. The third kappa shape index (κ3) is 3.25. The van der Waals surface area contributed by atoms with Crippen LogP contribution in [0.4, 0.5) is 14.5 Å². The van der Waals surface area contributed by atoms with Crippen LogP contribution in [0.25, 0.3) is 0 Å². The van der Waals surface area contributed by atoms with Gasteiger partial charge in [0.1, 0.15) is 0 Å². The van der Waals surface area contributed by atoms with Crippen molar-refractivity contribution in [3.8, 4) is 11.5 Å². The van der Waals surface area contributed by atoms with E-state index in [4.69, 9.17) is 4.74 Å². The molecule has 1 aliphatic heterocycles. The highest BCUT2D eigenvalue weighted by Crippen LogP contribution is 2.40. The predicted molar refractivity (Wildman–Crippen MR) is 74.5 cm³/mol. The topological polar surface area (TPSA) is 87.9 Å². The molecule has 1 atom stereocenters. The zero-order valence-electron chi connectivity index (χ0n) is 12.0. The van der Waals surface area contributed by atoms with Crippen molar-refractivity contribution in [2.45, 2.75) is 12.5 Å². The van der Waals surface area contributed by atoms with Crippen LogP contribution in [0, 0.1) is 10.1 Å². The number of phenolic OH excluding ortho intramolecular Hbond substituents is 1. The number of benzene rings is 1. The molecule has 1 aromatic carbocycles. The van der Waals surface area contributed by atoms with E-state index >= 15 is 0 Å². The van der Waals surface area contributed by atoms with E-state index in [1.165, 1.54) is 13.2 Å². The number of methoxy groups -OCH3 is 1. The first-order chi connectivity index (χ1) is 10.5. The molecule has 1 saturated heterocycles. The number of hydrogen-bond acceptors (Lipinski definition) is 6. The maximum Gasteiger partial charge on any atom is 0.314 e. The Morgan fingerprint density at radius 3 is 2.55 bits per heavy atom. The molecule has 0 unspecified atom stereocenters. The third-order valence-corrected chi connectivity index (χ3v) is 3.62. The highest BCUT2D eigenvalue weighted by Gasteiger charge is 2.33. The van der Waals surface area contributed by atoms with Gasteiger partial charge >= 0.3 is 5.69 Å². The quantitative estimate of drug-likeness (QED) is 0.632. The first-order valence-electron chi connectivity index (χ1n) is 6.74. The molecule has 0 saturated carbocycles. The van der Waals surface area contributed by atoms with Crippen LogP contribution in [0.15, 0.2) is 12.1 Å². The molecule has 9 heteroatoms.